The molecule has 2 atom stereocenters. The molecule has 2 unspecified atom stereocenters. The first-order valence-corrected chi connectivity index (χ1v) is 7.12. The predicted octanol–water partition coefficient (Wildman–Crippen LogP) is 0.374. The van der Waals surface area contributed by atoms with Crippen molar-refractivity contribution in [1.29, 1.82) is 0 Å². The summed E-state index contributed by atoms with van der Waals surface area (Å²) in [5, 5.41) is 4.40. The standard InChI is InChI=1S/C14H24N4O3/c1-9-12(14(21-4)17(2)16-9)13-10(15)5-6-11(19)18(13)7-8-20-3/h10,13H,5-8,15H2,1-4H3. The lowest BCUT2D eigenvalue weighted by Gasteiger charge is -2.39. The van der Waals surface area contributed by atoms with Gasteiger partial charge in [0.15, 0.2) is 0 Å². The van der Waals surface area contributed by atoms with Crippen LogP contribution in [-0.4, -0.2) is 54.0 Å². The first-order chi connectivity index (χ1) is 10.0. The van der Waals surface area contributed by atoms with Crippen LogP contribution in [0.1, 0.15) is 30.1 Å². The van der Waals surface area contributed by atoms with Crippen molar-refractivity contribution in [2.24, 2.45) is 12.8 Å². The Kier molecular flexibility index (Phi) is 4.84. The Morgan fingerprint density at radius 3 is 2.76 bits per heavy atom. The first kappa shape index (κ1) is 15.8. The van der Waals surface area contributed by atoms with E-state index in [-0.39, 0.29) is 18.0 Å². The summed E-state index contributed by atoms with van der Waals surface area (Å²) in [6.45, 7) is 2.92. The van der Waals surface area contributed by atoms with E-state index >= 15 is 0 Å². The van der Waals surface area contributed by atoms with E-state index in [9.17, 15) is 4.79 Å². The van der Waals surface area contributed by atoms with Gasteiger partial charge in [-0.2, -0.15) is 5.10 Å². The van der Waals surface area contributed by atoms with Gasteiger partial charge in [0.2, 0.25) is 11.8 Å². The number of methoxy groups -OCH3 is 2. The Balaban J connectivity index is 2.43. The zero-order valence-electron chi connectivity index (χ0n) is 13.1. The Morgan fingerprint density at radius 1 is 1.43 bits per heavy atom. The fourth-order valence-corrected chi connectivity index (χ4v) is 3.04. The van der Waals surface area contributed by atoms with Crippen molar-refractivity contribution in [1.82, 2.24) is 14.7 Å². The monoisotopic (exact) mass is 296 g/mol. The SMILES string of the molecule is COCCN1C(=O)CCC(N)C1c1c(C)nn(C)c1OC. The van der Waals surface area contributed by atoms with Gasteiger partial charge in [0.1, 0.15) is 0 Å². The maximum absolute atomic E-state index is 12.3. The van der Waals surface area contributed by atoms with Gasteiger partial charge in [-0.25, -0.2) is 4.68 Å². The molecule has 21 heavy (non-hydrogen) atoms. The molecule has 0 saturated carbocycles. The molecule has 0 bridgehead atoms. The molecule has 1 amide bonds. The Hall–Kier alpha value is -1.60. The number of aromatic nitrogens is 2. The molecule has 7 nitrogen and oxygen atoms in total. The Bertz CT molecular complexity index is 515. The minimum Gasteiger partial charge on any atom is -0.481 e. The molecule has 0 aromatic carbocycles. The lowest BCUT2D eigenvalue weighted by Crippen LogP contribution is -2.50. The van der Waals surface area contributed by atoms with Gasteiger partial charge >= 0.3 is 0 Å². The molecule has 1 aliphatic heterocycles. The van der Waals surface area contributed by atoms with E-state index < -0.39 is 0 Å². The van der Waals surface area contributed by atoms with E-state index in [1.54, 1.807) is 23.8 Å². The van der Waals surface area contributed by atoms with Crippen LogP contribution >= 0.6 is 0 Å². The highest BCUT2D eigenvalue weighted by atomic mass is 16.5. The van der Waals surface area contributed by atoms with Crippen molar-refractivity contribution in [2.75, 3.05) is 27.4 Å². The number of nitrogens with zero attached hydrogens (tertiary/aromatic N) is 3. The van der Waals surface area contributed by atoms with Crippen LogP contribution in [0.5, 0.6) is 5.88 Å². The van der Waals surface area contributed by atoms with Crippen LogP contribution in [0.15, 0.2) is 0 Å². The number of nitrogens with two attached hydrogens (primary N) is 1. The fourth-order valence-electron chi connectivity index (χ4n) is 3.04. The van der Waals surface area contributed by atoms with Crippen molar-refractivity contribution in [3.05, 3.63) is 11.3 Å². The summed E-state index contributed by atoms with van der Waals surface area (Å²) in [6, 6.07) is -0.346. The average Bonchev–Trinajstić information content (AvgIpc) is 2.73. The van der Waals surface area contributed by atoms with Gasteiger partial charge in [0, 0.05) is 33.2 Å². The van der Waals surface area contributed by atoms with E-state index in [4.69, 9.17) is 15.2 Å². The molecular weight excluding hydrogens is 272 g/mol. The summed E-state index contributed by atoms with van der Waals surface area (Å²) in [5.41, 5.74) is 8.05. The smallest absolute Gasteiger partial charge is 0.223 e. The summed E-state index contributed by atoms with van der Waals surface area (Å²) in [5.74, 6) is 0.758. The highest BCUT2D eigenvalue weighted by Gasteiger charge is 2.38. The molecule has 2 N–H and O–H groups in total. The molecular formula is C14H24N4O3. The van der Waals surface area contributed by atoms with E-state index in [0.29, 0.717) is 31.9 Å². The number of hydrogen-bond donors (Lipinski definition) is 1. The van der Waals surface area contributed by atoms with E-state index in [1.807, 2.05) is 14.0 Å². The highest BCUT2D eigenvalue weighted by molar-refractivity contribution is 5.78. The number of rotatable bonds is 5. The summed E-state index contributed by atoms with van der Waals surface area (Å²) >= 11 is 0. The molecule has 1 aromatic rings. The maximum Gasteiger partial charge on any atom is 0.223 e. The maximum atomic E-state index is 12.3. The number of amides is 1. The lowest BCUT2D eigenvalue weighted by molar-refractivity contribution is -0.138. The first-order valence-electron chi connectivity index (χ1n) is 7.12. The predicted molar refractivity (Wildman–Crippen MR) is 78.0 cm³/mol. The summed E-state index contributed by atoms with van der Waals surface area (Å²) < 4.78 is 12.3. The number of carbonyl (C=O) groups is 1. The summed E-state index contributed by atoms with van der Waals surface area (Å²) in [4.78, 5) is 14.1. The minimum atomic E-state index is -0.218. The summed E-state index contributed by atoms with van der Waals surface area (Å²) in [7, 11) is 5.06. The molecule has 0 radical (unpaired) electrons. The third-order valence-electron chi connectivity index (χ3n) is 3.99. The molecule has 7 heteroatoms. The number of ether oxygens (including phenoxy) is 2. The number of carbonyl (C=O) groups excluding carboxylic acids is 1. The highest BCUT2D eigenvalue weighted by Crippen LogP contribution is 2.37. The number of hydrogen-bond acceptors (Lipinski definition) is 5. The second kappa shape index (κ2) is 6.44. The van der Waals surface area contributed by atoms with Crippen LogP contribution < -0.4 is 10.5 Å². The third kappa shape index (κ3) is 2.89. The van der Waals surface area contributed by atoms with Crippen LogP contribution in [0.2, 0.25) is 0 Å². The number of aryl methyl sites for hydroxylation is 2. The topological polar surface area (TPSA) is 82.6 Å². The molecule has 1 fully saturated rings. The molecule has 1 saturated heterocycles. The van der Waals surface area contributed by atoms with Crippen LogP contribution in [0.4, 0.5) is 0 Å². The van der Waals surface area contributed by atoms with Gasteiger partial charge in [-0.05, 0) is 13.3 Å². The van der Waals surface area contributed by atoms with Crippen LogP contribution in [0, 0.1) is 6.92 Å². The second-order valence-corrected chi connectivity index (χ2v) is 5.36. The lowest BCUT2D eigenvalue weighted by atomic mass is 9.90. The normalized spacial score (nSPS) is 22.7. The van der Waals surface area contributed by atoms with Crippen LogP contribution in [-0.2, 0) is 16.6 Å². The molecule has 0 spiro atoms. The second-order valence-electron chi connectivity index (χ2n) is 5.36. The third-order valence-corrected chi connectivity index (χ3v) is 3.99. The molecule has 118 valence electrons. The van der Waals surface area contributed by atoms with Crippen molar-refractivity contribution >= 4 is 5.91 Å². The van der Waals surface area contributed by atoms with Gasteiger partial charge < -0.3 is 20.1 Å². The van der Waals surface area contributed by atoms with E-state index in [1.165, 1.54) is 0 Å². The van der Waals surface area contributed by atoms with Crippen LogP contribution in [0.25, 0.3) is 0 Å². The van der Waals surface area contributed by atoms with Gasteiger partial charge in [-0.15, -0.1) is 0 Å². The van der Waals surface area contributed by atoms with Crippen molar-refractivity contribution in [2.45, 2.75) is 31.8 Å². The summed E-state index contributed by atoms with van der Waals surface area (Å²) in [6.07, 6.45) is 1.15. The zero-order chi connectivity index (χ0) is 15.6. The average molecular weight is 296 g/mol. The Labute approximate surface area is 125 Å². The van der Waals surface area contributed by atoms with Gasteiger partial charge in [0.05, 0.1) is 31.0 Å². The molecule has 2 rings (SSSR count). The van der Waals surface area contributed by atoms with Gasteiger partial charge in [-0.3, -0.25) is 4.79 Å². The van der Waals surface area contributed by atoms with Crippen molar-refractivity contribution in [3.8, 4) is 5.88 Å². The quantitative estimate of drug-likeness (QED) is 0.849. The van der Waals surface area contributed by atoms with Crippen molar-refractivity contribution in [3.63, 3.8) is 0 Å². The zero-order valence-corrected chi connectivity index (χ0v) is 13.1. The van der Waals surface area contributed by atoms with E-state index in [2.05, 4.69) is 5.10 Å². The molecule has 1 aromatic heterocycles. The van der Waals surface area contributed by atoms with E-state index in [0.717, 1.165) is 11.3 Å². The molecule has 0 aliphatic carbocycles. The van der Waals surface area contributed by atoms with Gasteiger partial charge in [-0.1, -0.05) is 0 Å². The largest absolute Gasteiger partial charge is 0.481 e. The van der Waals surface area contributed by atoms with Crippen LogP contribution in [0.3, 0.4) is 0 Å². The molecule has 2 heterocycles. The number of piperidine rings is 1. The molecule has 1 aliphatic rings. The minimum absolute atomic E-state index is 0.101. The Morgan fingerprint density at radius 2 is 2.14 bits per heavy atom. The van der Waals surface area contributed by atoms with Gasteiger partial charge in [0.25, 0.3) is 0 Å². The van der Waals surface area contributed by atoms with Crippen molar-refractivity contribution < 1.29 is 14.3 Å². The number of likely N-dealkylation sites (tertiary alicyclic amines) is 1. The fraction of sp³-hybridized carbons (Fsp3) is 0.714.